The summed E-state index contributed by atoms with van der Waals surface area (Å²) in [5, 5.41) is 0. The Bertz CT molecular complexity index is 946. The predicted molar refractivity (Wildman–Crippen MR) is 147 cm³/mol. The molecule has 9 heteroatoms. The molecule has 0 aliphatic heterocycles. The lowest BCUT2D eigenvalue weighted by molar-refractivity contribution is -0.153. The van der Waals surface area contributed by atoms with Gasteiger partial charge >= 0.3 is 11.9 Å². The zero-order valence-corrected chi connectivity index (χ0v) is 24.6. The van der Waals surface area contributed by atoms with E-state index < -0.39 is 27.6 Å². The Balaban J connectivity index is 3.03. The molecule has 0 spiro atoms. The molecule has 2 N–H and O–H groups in total. The number of hydrogen-bond donors (Lipinski definition) is 2. The van der Waals surface area contributed by atoms with Gasteiger partial charge in [0.25, 0.3) is 0 Å². The van der Waals surface area contributed by atoms with Crippen molar-refractivity contribution in [2.75, 3.05) is 31.8 Å². The molecule has 1 aromatic rings. The second-order valence-electron chi connectivity index (χ2n) is 11.1. The first kappa shape index (κ1) is 32.8. The molecule has 2 unspecified atom stereocenters. The van der Waals surface area contributed by atoms with Crippen LogP contribution in [-0.2, 0) is 46.5 Å². The number of nitrogens with one attached hydrogen (secondary N) is 2. The van der Waals surface area contributed by atoms with Crippen molar-refractivity contribution in [2.45, 2.75) is 79.6 Å². The summed E-state index contributed by atoms with van der Waals surface area (Å²) in [5.74, 6) is -0.573. The van der Waals surface area contributed by atoms with E-state index in [0.717, 1.165) is 24.0 Å². The van der Waals surface area contributed by atoms with Crippen molar-refractivity contribution >= 4 is 28.6 Å². The van der Waals surface area contributed by atoms with Crippen LogP contribution in [0.15, 0.2) is 24.3 Å². The van der Waals surface area contributed by atoms with Gasteiger partial charge in [0, 0.05) is 23.6 Å². The van der Waals surface area contributed by atoms with E-state index in [1.807, 2.05) is 58.9 Å². The Morgan fingerprint density at radius 3 is 2.22 bits per heavy atom. The van der Waals surface area contributed by atoms with Crippen molar-refractivity contribution in [3.05, 3.63) is 35.4 Å². The van der Waals surface area contributed by atoms with Crippen LogP contribution >= 0.6 is 0 Å². The van der Waals surface area contributed by atoms with Crippen LogP contribution in [0.3, 0.4) is 0 Å². The van der Waals surface area contributed by atoms with E-state index in [9.17, 15) is 18.6 Å². The fourth-order valence-electron chi connectivity index (χ4n) is 4.39. The predicted octanol–water partition coefficient (Wildman–Crippen LogP) is 3.84. The van der Waals surface area contributed by atoms with Crippen LogP contribution in [-0.4, -0.2) is 53.8 Å². The lowest BCUT2D eigenvalue weighted by Gasteiger charge is -2.32. The largest absolute Gasteiger partial charge is 0.466 e. The highest BCUT2D eigenvalue weighted by Crippen LogP contribution is 2.35. The summed E-state index contributed by atoms with van der Waals surface area (Å²) in [6.07, 6.45) is 2.51. The highest BCUT2D eigenvalue weighted by atomic mass is 32.2. The van der Waals surface area contributed by atoms with Gasteiger partial charge < -0.3 is 9.47 Å². The zero-order chi connectivity index (χ0) is 28.3. The number of amides is 1. The second-order valence-corrected chi connectivity index (χ2v) is 12.5. The molecule has 8 nitrogen and oxygen atoms in total. The molecule has 0 bridgehead atoms. The summed E-state index contributed by atoms with van der Waals surface area (Å²) in [4.78, 5) is 37.3. The monoisotopic (exact) mass is 538 g/mol. The summed E-state index contributed by atoms with van der Waals surface area (Å²) >= 11 is 0. The van der Waals surface area contributed by atoms with Crippen LogP contribution in [0.5, 0.6) is 0 Å². The lowest BCUT2D eigenvalue weighted by atomic mass is 9.74. The Labute approximate surface area is 225 Å². The van der Waals surface area contributed by atoms with E-state index in [1.54, 1.807) is 20.9 Å². The van der Waals surface area contributed by atoms with Gasteiger partial charge in [0.05, 0.1) is 24.0 Å². The van der Waals surface area contributed by atoms with E-state index in [-0.39, 0.29) is 29.7 Å². The maximum atomic E-state index is 13.2. The molecule has 37 heavy (non-hydrogen) atoms. The van der Waals surface area contributed by atoms with Crippen molar-refractivity contribution in [3.8, 4) is 0 Å². The number of ether oxygens (including phenoxy) is 2. The number of rotatable bonds is 16. The minimum atomic E-state index is -1.31. The van der Waals surface area contributed by atoms with E-state index >= 15 is 0 Å². The van der Waals surface area contributed by atoms with E-state index in [2.05, 4.69) is 10.9 Å². The van der Waals surface area contributed by atoms with Crippen LogP contribution in [0.25, 0.3) is 0 Å². The molecule has 2 atom stereocenters. The molecule has 0 heterocycles. The average molecular weight is 539 g/mol. The van der Waals surface area contributed by atoms with Crippen LogP contribution in [0.1, 0.15) is 78.9 Å². The molecule has 0 aliphatic carbocycles. The second kappa shape index (κ2) is 14.6. The van der Waals surface area contributed by atoms with Gasteiger partial charge in [0.15, 0.2) is 0 Å². The van der Waals surface area contributed by atoms with Gasteiger partial charge in [-0.05, 0) is 70.4 Å². The third-order valence-corrected chi connectivity index (χ3v) is 8.11. The van der Waals surface area contributed by atoms with Crippen molar-refractivity contribution in [2.24, 2.45) is 10.8 Å². The lowest BCUT2D eigenvalue weighted by Crippen LogP contribution is -2.47. The zero-order valence-electron chi connectivity index (χ0n) is 23.8. The molecule has 0 saturated carbocycles. The highest BCUT2D eigenvalue weighted by Gasteiger charge is 2.36. The average Bonchev–Trinajstić information content (AvgIpc) is 2.78. The number of carbonyl (C=O) groups excluding carboxylic acids is 3. The number of benzene rings is 1. The molecule has 1 amide bonds. The standard InChI is InChI=1S/C28H46N2O6S/c1-9-35-23(31)19-37(34)20-26(3,4)15-12-16-28(7,24(32)30-29-8)22-14-11-13-21(17-22)18-27(5,6)25(33)36-10-2/h11,13-14,17,29H,9-10,12,15-16,18-20H2,1-8H3,(H,30,32). The quantitative estimate of drug-likeness (QED) is 0.243. The molecule has 0 aromatic heterocycles. The van der Waals surface area contributed by atoms with Crippen LogP contribution in [0.2, 0.25) is 0 Å². The number of carbonyl (C=O) groups is 3. The minimum Gasteiger partial charge on any atom is -0.466 e. The summed E-state index contributed by atoms with van der Waals surface area (Å²) in [7, 11) is 0.338. The molecular formula is C28H46N2O6S. The number of hydrazine groups is 1. The number of esters is 2. The molecule has 0 fully saturated rings. The first-order valence-corrected chi connectivity index (χ1v) is 14.4. The molecule has 0 radical (unpaired) electrons. The normalized spacial score (nSPS) is 14.4. The van der Waals surface area contributed by atoms with Gasteiger partial charge in [-0.3, -0.25) is 24.0 Å². The Hall–Kier alpha value is -2.26. The van der Waals surface area contributed by atoms with E-state index in [0.29, 0.717) is 25.2 Å². The third kappa shape index (κ3) is 10.6. The fraction of sp³-hybridized carbons (Fsp3) is 0.679. The van der Waals surface area contributed by atoms with E-state index in [1.165, 1.54) is 0 Å². The third-order valence-electron chi connectivity index (χ3n) is 6.44. The minimum absolute atomic E-state index is 0.103. The highest BCUT2D eigenvalue weighted by molar-refractivity contribution is 7.85. The van der Waals surface area contributed by atoms with Gasteiger partial charge in [-0.25, -0.2) is 5.43 Å². The Kier molecular flexibility index (Phi) is 12.9. The fourth-order valence-corrected chi connectivity index (χ4v) is 5.85. The van der Waals surface area contributed by atoms with Gasteiger partial charge in [-0.2, -0.15) is 0 Å². The maximum Gasteiger partial charge on any atom is 0.318 e. The summed E-state index contributed by atoms with van der Waals surface area (Å²) < 4.78 is 22.6. The maximum absolute atomic E-state index is 13.2. The molecule has 1 rings (SSSR count). The number of hydrogen-bond acceptors (Lipinski definition) is 7. The van der Waals surface area contributed by atoms with Crippen molar-refractivity contribution < 1.29 is 28.1 Å². The van der Waals surface area contributed by atoms with E-state index in [4.69, 9.17) is 9.47 Å². The molecule has 0 aliphatic rings. The Morgan fingerprint density at radius 2 is 1.62 bits per heavy atom. The first-order chi connectivity index (χ1) is 17.2. The molecular weight excluding hydrogens is 492 g/mol. The van der Waals surface area contributed by atoms with Crippen molar-refractivity contribution in [3.63, 3.8) is 0 Å². The van der Waals surface area contributed by atoms with Crippen molar-refractivity contribution in [1.29, 1.82) is 0 Å². The molecule has 210 valence electrons. The Morgan fingerprint density at radius 1 is 0.973 bits per heavy atom. The summed E-state index contributed by atoms with van der Waals surface area (Å²) in [6.45, 7) is 13.8. The first-order valence-electron chi connectivity index (χ1n) is 12.9. The van der Waals surface area contributed by atoms with Gasteiger partial charge in [0.2, 0.25) is 5.91 Å². The van der Waals surface area contributed by atoms with Crippen LogP contribution in [0.4, 0.5) is 0 Å². The smallest absolute Gasteiger partial charge is 0.318 e. The van der Waals surface area contributed by atoms with Gasteiger partial charge in [-0.1, -0.05) is 44.5 Å². The topological polar surface area (TPSA) is 111 Å². The SMILES string of the molecule is CCOC(=O)CS(=O)CC(C)(C)CCCC(C)(C(=O)NNC)c1cccc(CC(C)(C)C(=O)OCC)c1. The molecule has 0 saturated heterocycles. The van der Waals surface area contributed by atoms with Crippen LogP contribution < -0.4 is 10.9 Å². The van der Waals surface area contributed by atoms with Gasteiger partial charge in [0.1, 0.15) is 5.75 Å². The van der Waals surface area contributed by atoms with Crippen molar-refractivity contribution in [1.82, 2.24) is 10.9 Å². The van der Waals surface area contributed by atoms with Crippen LogP contribution in [0, 0.1) is 10.8 Å². The molecule has 1 aromatic carbocycles. The summed E-state index contributed by atoms with van der Waals surface area (Å²) in [5.41, 5.74) is 5.50. The van der Waals surface area contributed by atoms with Gasteiger partial charge in [-0.15, -0.1) is 0 Å². The summed E-state index contributed by atoms with van der Waals surface area (Å²) in [6, 6.07) is 7.81.